The number of benzene rings is 2. The van der Waals surface area contributed by atoms with E-state index in [-0.39, 0.29) is 5.56 Å². The summed E-state index contributed by atoms with van der Waals surface area (Å²) in [6.07, 6.45) is 0. The molecule has 0 aliphatic carbocycles. The molecule has 0 heterocycles. The Labute approximate surface area is 112 Å². The van der Waals surface area contributed by atoms with Crippen LogP contribution in [0.15, 0.2) is 30.3 Å². The maximum absolute atomic E-state index is 13.7. The first kappa shape index (κ1) is 14.5. The highest BCUT2D eigenvalue weighted by Crippen LogP contribution is 2.29. The van der Waals surface area contributed by atoms with Crippen LogP contribution in [0.3, 0.4) is 0 Å². The van der Waals surface area contributed by atoms with Crippen molar-refractivity contribution in [3.63, 3.8) is 0 Å². The van der Waals surface area contributed by atoms with Gasteiger partial charge < -0.3 is 5.32 Å². The van der Waals surface area contributed by atoms with E-state index in [1.807, 2.05) is 0 Å². The van der Waals surface area contributed by atoms with Gasteiger partial charge in [-0.05, 0) is 25.2 Å². The van der Waals surface area contributed by atoms with E-state index < -0.39 is 40.7 Å². The van der Waals surface area contributed by atoms with Gasteiger partial charge in [-0.25, -0.2) is 22.0 Å². The van der Waals surface area contributed by atoms with Crippen molar-refractivity contribution in [2.24, 2.45) is 0 Å². The molecule has 2 aromatic rings. The second-order valence-corrected chi connectivity index (χ2v) is 4.12. The summed E-state index contributed by atoms with van der Waals surface area (Å²) >= 11 is 0. The monoisotopic (exact) mass is 287 g/mol. The van der Waals surface area contributed by atoms with Crippen molar-refractivity contribution in [2.75, 3.05) is 7.05 Å². The molecule has 0 spiro atoms. The minimum absolute atomic E-state index is 0.379. The number of nitrogens with one attached hydrogen (secondary N) is 1. The molecule has 0 aromatic heterocycles. The van der Waals surface area contributed by atoms with E-state index in [0.717, 1.165) is 24.3 Å². The van der Waals surface area contributed by atoms with Gasteiger partial charge >= 0.3 is 0 Å². The molecule has 2 aromatic carbocycles. The summed E-state index contributed by atoms with van der Waals surface area (Å²) in [5, 5.41) is 2.49. The first-order valence-electron chi connectivity index (χ1n) is 5.72. The summed E-state index contributed by atoms with van der Waals surface area (Å²) in [6, 6.07) is 3.53. The minimum Gasteiger partial charge on any atom is -0.309 e. The molecule has 0 bridgehead atoms. The molecular weight excluding hydrogens is 277 g/mol. The maximum Gasteiger partial charge on any atom is 0.194 e. The Kier molecular flexibility index (Phi) is 4.04. The quantitative estimate of drug-likeness (QED) is 0.670. The van der Waals surface area contributed by atoms with Gasteiger partial charge in [0.15, 0.2) is 17.5 Å². The first-order chi connectivity index (χ1) is 9.47. The van der Waals surface area contributed by atoms with Crippen molar-refractivity contribution in [3.8, 4) is 0 Å². The average Bonchev–Trinajstić information content (AvgIpc) is 2.42. The average molecular weight is 287 g/mol. The minimum atomic E-state index is -1.68. The van der Waals surface area contributed by atoms with Gasteiger partial charge in [0, 0.05) is 11.1 Å². The van der Waals surface area contributed by atoms with E-state index in [2.05, 4.69) is 5.32 Å². The van der Waals surface area contributed by atoms with Crippen LogP contribution in [0.25, 0.3) is 0 Å². The molecular formula is C14H10F5N. The van der Waals surface area contributed by atoms with Gasteiger partial charge in [0.25, 0.3) is 0 Å². The number of hydrogen-bond donors (Lipinski definition) is 1. The van der Waals surface area contributed by atoms with Crippen LogP contribution in [-0.4, -0.2) is 7.05 Å². The Bertz CT molecular complexity index is 621. The zero-order chi connectivity index (χ0) is 14.9. The van der Waals surface area contributed by atoms with E-state index in [1.54, 1.807) is 0 Å². The largest absolute Gasteiger partial charge is 0.309 e. The van der Waals surface area contributed by atoms with E-state index in [1.165, 1.54) is 7.05 Å². The summed E-state index contributed by atoms with van der Waals surface area (Å²) in [6.45, 7) is 0. The highest BCUT2D eigenvalue weighted by atomic mass is 19.2. The Morgan fingerprint density at radius 2 is 1.40 bits per heavy atom. The number of hydrogen-bond acceptors (Lipinski definition) is 1. The molecule has 0 fully saturated rings. The Morgan fingerprint density at radius 1 is 0.800 bits per heavy atom. The summed E-state index contributed by atoms with van der Waals surface area (Å²) in [7, 11) is 1.33. The summed E-state index contributed by atoms with van der Waals surface area (Å²) in [5.74, 6) is -6.34. The second kappa shape index (κ2) is 5.58. The zero-order valence-electron chi connectivity index (χ0n) is 10.4. The van der Waals surface area contributed by atoms with E-state index in [4.69, 9.17) is 0 Å². The fourth-order valence-corrected chi connectivity index (χ4v) is 2.01. The van der Waals surface area contributed by atoms with Crippen LogP contribution in [0.1, 0.15) is 17.2 Å². The van der Waals surface area contributed by atoms with Crippen molar-refractivity contribution < 1.29 is 22.0 Å². The number of rotatable bonds is 3. The van der Waals surface area contributed by atoms with E-state index >= 15 is 0 Å². The lowest BCUT2D eigenvalue weighted by atomic mass is 9.97. The van der Waals surface area contributed by atoms with Gasteiger partial charge in [-0.2, -0.15) is 0 Å². The predicted molar refractivity (Wildman–Crippen MR) is 63.6 cm³/mol. The third-order valence-corrected chi connectivity index (χ3v) is 2.95. The lowest BCUT2D eigenvalue weighted by Crippen LogP contribution is -2.22. The van der Waals surface area contributed by atoms with Crippen molar-refractivity contribution >= 4 is 0 Å². The molecule has 1 unspecified atom stereocenters. The van der Waals surface area contributed by atoms with Crippen molar-refractivity contribution in [1.82, 2.24) is 5.32 Å². The molecule has 106 valence electrons. The molecule has 6 heteroatoms. The van der Waals surface area contributed by atoms with Gasteiger partial charge in [0.05, 0.1) is 6.04 Å². The SMILES string of the molecule is CNC(c1ccc(F)c(F)c1F)c1c(F)cccc1F. The van der Waals surface area contributed by atoms with Crippen molar-refractivity contribution in [2.45, 2.75) is 6.04 Å². The van der Waals surface area contributed by atoms with E-state index in [0.29, 0.717) is 6.07 Å². The summed E-state index contributed by atoms with van der Waals surface area (Å²) in [5.41, 5.74) is -0.838. The van der Waals surface area contributed by atoms with Crippen LogP contribution < -0.4 is 5.32 Å². The highest BCUT2D eigenvalue weighted by Gasteiger charge is 2.25. The molecule has 0 aliphatic rings. The van der Waals surface area contributed by atoms with Crippen molar-refractivity contribution in [1.29, 1.82) is 0 Å². The Balaban J connectivity index is 2.62. The Hall–Kier alpha value is -1.95. The van der Waals surface area contributed by atoms with Gasteiger partial charge in [-0.15, -0.1) is 0 Å². The van der Waals surface area contributed by atoms with Crippen LogP contribution in [0.5, 0.6) is 0 Å². The van der Waals surface area contributed by atoms with E-state index in [9.17, 15) is 22.0 Å². The smallest absolute Gasteiger partial charge is 0.194 e. The summed E-state index contributed by atoms with van der Waals surface area (Å²) in [4.78, 5) is 0. The van der Waals surface area contributed by atoms with Gasteiger partial charge in [-0.3, -0.25) is 0 Å². The van der Waals surface area contributed by atoms with Gasteiger partial charge in [-0.1, -0.05) is 12.1 Å². The highest BCUT2D eigenvalue weighted by molar-refractivity contribution is 5.35. The van der Waals surface area contributed by atoms with Crippen LogP contribution in [0.4, 0.5) is 22.0 Å². The molecule has 0 saturated carbocycles. The lowest BCUT2D eigenvalue weighted by molar-refractivity contribution is 0.431. The van der Waals surface area contributed by atoms with Crippen LogP contribution in [0.2, 0.25) is 0 Å². The first-order valence-corrected chi connectivity index (χ1v) is 5.72. The van der Waals surface area contributed by atoms with Crippen LogP contribution in [0, 0.1) is 29.1 Å². The molecule has 0 saturated heterocycles. The number of halogens is 5. The van der Waals surface area contributed by atoms with Crippen LogP contribution in [-0.2, 0) is 0 Å². The van der Waals surface area contributed by atoms with Crippen LogP contribution >= 0.6 is 0 Å². The van der Waals surface area contributed by atoms with Gasteiger partial charge in [0.1, 0.15) is 11.6 Å². The Morgan fingerprint density at radius 3 is 1.95 bits per heavy atom. The summed E-state index contributed by atoms with van der Waals surface area (Å²) < 4.78 is 67.3. The third-order valence-electron chi connectivity index (χ3n) is 2.95. The predicted octanol–water partition coefficient (Wildman–Crippen LogP) is 3.69. The molecule has 2 rings (SSSR count). The molecule has 1 N–H and O–H groups in total. The lowest BCUT2D eigenvalue weighted by Gasteiger charge is -2.19. The topological polar surface area (TPSA) is 12.0 Å². The maximum atomic E-state index is 13.7. The molecule has 1 atom stereocenters. The molecule has 0 aliphatic heterocycles. The standard InChI is InChI=1S/C14H10F5N/c1-20-14(11-8(15)3-2-4-9(11)16)7-5-6-10(17)13(19)12(7)18/h2-6,14,20H,1H3. The molecule has 1 nitrogen and oxygen atoms in total. The molecule has 0 radical (unpaired) electrons. The normalized spacial score (nSPS) is 12.5. The van der Waals surface area contributed by atoms with Gasteiger partial charge in [0.2, 0.25) is 0 Å². The zero-order valence-corrected chi connectivity index (χ0v) is 10.4. The fraction of sp³-hybridized carbons (Fsp3) is 0.143. The van der Waals surface area contributed by atoms with Crippen molar-refractivity contribution in [3.05, 3.63) is 70.5 Å². The second-order valence-electron chi connectivity index (χ2n) is 4.12. The molecule has 0 amide bonds. The third kappa shape index (κ3) is 2.38. The molecule has 20 heavy (non-hydrogen) atoms. The fourth-order valence-electron chi connectivity index (χ4n) is 2.01.